The molecule has 0 aliphatic carbocycles. The number of rotatable bonds is 4. The Labute approximate surface area is 94.6 Å². The summed E-state index contributed by atoms with van der Waals surface area (Å²) in [6.45, 7) is 3.60. The number of ketones is 1. The summed E-state index contributed by atoms with van der Waals surface area (Å²) in [4.78, 5) is 16.1. The molecule has 0 aliphatic heterocycles. The first-order valence-corrected chi connectivity index (χ1v) is 5.31. The van der Waals surface area contributed by atoms with Crippen LogP contribution >= 0.6 is 0 Å². The number of para-hydroxylation sites is 1. The highest BCUT2D eigenvalue weighted by atomic mass is 16.1. The number of hydrogen-bond acceptors (Lipinski definition) is 2. The molecule has 0 spiro atoms. The topological polar surface area (TPSA) is 30.0 Å². The molecule has 2 rings (SSSR count). The van der Waals surface area contributed by atoms with E-state index in [0.717, 1.165) is 10.9 Å². The maximum atomic E-state index is 11.7. The van der Waals surface area contributed by atoms with Gasteiger partial charge < -0.3 is 0 Å². The Hall–Kier alpha value is -1.96. The lowest BCUT2D eigenvalue weighted by Crippen LogP contribution is -2.01. The molecule has 0 fully saturated rings. The molecule has 2 nitrogen and oxygen atoms in total. The summed E-state index contributed by atoms with van der Waals surface area (Å²) in [5.41, 5.74) is 1.41. The molecule has 80 valence electrons. The fraction of sp³-hybridized carbons (Fsp3) is 0.143. The van der Waals surface area contributed by atoms with Crippen molar-refractivity contribution in [3.63, 3.8) is 0 Å². The molecule has 0 amide bonds. The van der Waals surface area contributed by atoms with Crippen molar-refractivity contribution in [1.29, 1.82) is 0 Å². The van der Waals surface area contributed by atoms with Gasteiger partial charge in [-0.2, -0.15) is 0 Å². The van der Waals surface area contributed by atoms with Gasteiger partial charge in [-0.3, -0.25) is 4.79 Å². The summed E-state index contributed by atoms with van der Waals surface area (Å²) >= 11 is 0. The molecule has 0 saturated heterocycles. The quantitative estimate of drug-likeness (QED) is 0.573. The minimum Gasteiger partial charge on any atom is -0.292 e. The molecule has 2 aromatic rings. The number of carbonyl (C=O) groups is 1. The van der Waals surface area contributed by atoms with Crippen LogP contribution in [0.3, 0.4) is 0 Å². The number of nitrogens with zero attached hydrogens (tertiary/aromatic N) is 1. The zero-order chi connectivity index (χ0) is 11.4. The van der Waals surface area contributed by atoms with Crippen molar-refractivity contribution in [2.45, 2.75) is 12.8 Å². The molecule has 16 heavy (non-hydrogen) atoms. The fourth-order valence-electron chi connectivity index (χ4n) is 1.58. The Balaban J connectivity index is 2.32. The number of carbonyl (C=O) groups excluding carboxylic acids is 1. The predicted molar refractivity (Wildman–Crippen MR) is 65.5 cm³/mol. The molecule has 0 atom stereocenters. The average Bonchev–Trinajstić information content (AvgIpc) is 2.35. The fourth-order valence-corrected chi connectivity index (χ4v) is 1.58. The van der Waals surface area contributed by atoms with Crippen LogP contribution in [0.4, 0.5) is 0 Å². The molecule has 2 heteroatoms. The van der Waals surface area contributed by atoms with Crippen LogP contribution in [0.25, 0.3) is 10.9 Å². The number of Topliss-reactive ketones (excluding diaryl/α,β-unsaturated/α-hetero) is 1. The van der Waals surface area contributed by atoms with Crippen LogP contribution in [0.1, 0.15) is 23.3 Å². The molecule has 1 aromatic carbocycles. The van der Waals surface area contributed by atoms with Crippen molar-refractivity contribution in [2.24, 2.45) is 0 Å². The first kappa shape index (κ1) is 10.6. The highest BCUT2D eigenvalue weighted by molar-refractivity contribution is 5.96. The first-order chi connectivity index (χ1) is 7.81. The van der Waals surface area contributed by atoms with Gasteiger partial charge in [0.05, 0.1) is 5.52 Å². The van der Waals surface area contributed by atoms with Crippen LogP contribution in [0.15, 0.2) is 49.1 Å². The van der Waals surface area contributed by atoms with Crippen LogP contribution in [-0.2, 0) is 0 Å². The van der Waals surface area contributed by atoms with Crippen LogP contribution in [-0.4, -0.2) is 10.8 Å². The van der Waals surface area contributed by atoms with Gasteiger partial charge in [-0.05, 0) is 18.6 Å². The van der Waals surface area contributed by atoms with Gasteiger partial charge >= 0.3 is 0 Å². The number of pyridine rings is 1. The van der Waals surface area contributed by atoms with Crippen molar-refractivity contribution in [3.8, 4) is 0 Å². The summed E-state index contributed by atoms with van der Waals surface area (Å²) < 4.78 is 0. The zero-order valence-electron chi connectivity index (χ0n) is 9.02. The third-order valence-electron chi connectivity index (χ3n) is 2.46. The molecule has 0 aliphatic rings. The Bertz CT molecular complexity index is 531. The number of hydrogen-bond donors (Lipinski definition) is 0. The van der Waals surface area contributed by atoms with Crippen molar-refractivity contribution in [3.05, 3.63) is 54.7 Å². The summed E-state index contributed by atoms with van der Waals surface area (Å²) in [5, 5.41) is 1.06. The summed E-state index contributed by atoms with van der Waals surface area (Å²) in [6.07, 6.45) is 2.93. The standard InChI is InChI=1S/C14H13NO/c1-2-3-8-14(16)13-10-9-11-6-4-5-7-12(11)15-13/h2,4-7,9-10H,1,3,8H2. The third-order valence-corrected chi connectivity index (χ3v) is 2.46. The van der Waals surface area contributed by atoms with Crippen molar-refractivity contribution >= 4 is 16.7 Å². The van der Waals surface area contributed by atoms with Gasteiger partial charge in [0.25, 0.3) is 0 Å². The van der Waals surface area contributed by atoms with Gasteiger partial charge in [-0.15, -0.1) is 6.58 Å². The van der Waals surface area contributed by atoms with Gasteiger partial charge in [-0.1, -0.05) is 30.3 Å². The van der Waals surface area contributed by atoms with Gasteiger partial charge in [0.1, 0.15) is 5.69 Å². The minimum atomic E-state index is 0.0747. The molecular formula is C14H13NO. The Morgan fingerprint density at radius 2 is 2.06 bits per heavy atom. The molecular weight excluding hydrogens is 198 g/mol. The van der Waals surface area contributed by atoms with Crippen molar-refractivity contribution < 1.29 is 4.79 Å². The molecule has 0 unspecified atom stereocenters. The lowest BCUT2D eigenvalue weighted by atomic mass is 10.1. The van der Waals surface area contributed by atoms with E-state index in [9.17, 15) is 4.79 Å². The zero-order valence-corrected chi connectivity index (χ0v) is 9.02. The Kier molecular flexibility index (Phi) is 3.10. The van der Waals surface area contributed by atoms with E-state index >= 15 is 0 Å². The van der Waals surface area contributed by atoms with Crippen LogP contribution in [0, 0.1) is 0 Å². The lowest BCUT2D eigenvalue weighted by molar-refractivity contribution is 0.0979. The van der Waals surface area contributed by atoms with E-state index in [1.165, 1.54) is 0 Å². The SMILES string of the molecule is C=CCCC(=O)c1ccc2ccccc2n1. The van der Waals surface area contributed by atoms with Gasteiger partial charge in [0.2, 0.25) is 0 Å². The highest BCUT2D eigenvalue weighted by Gasteiger charge is 2.06. The average molecular weight is 211 g/mol. The van der Waals surface area contributed by atoms with Gasteiger partial charge in [0, 0.05) is 11.8 Å². The summed E-state index contributed by atoms with van der Waals surface area (Å²) in [7, 11) is 0. The molecule has 0 radical (unpaired) electrons. The van der Waals surface area contributed by atoms with Crippen LogP contribution in [0.2, 0.25) is 0 Å². The molecule has 1 aromatic heterocycles. The minimum absolute atomic E-state index is 0.0747. The largest absolute Gasteiger partial charge is 0.292 e. The van der Waals surface area contributed by atoms with Gasteiger partial charge in [-0.25, -0.2) is 4.98 Å². The number of allylic oxidation sites excluding steroid dienone is 1. The van der Waals surface area contributed by atoms with Crippen molar-refractivity contribution in [1.82, 2.24) is 4.98 Å². The molecule has 1 heterocycles. The van der Waals surface area contributed by atoms with E-state index in [1.54, 1.807) is 12.1 Å². The number of benzene rings is 1. The number of aromatic nitrogens is 1. The number of fused-ring (bicyclic) bond motifs is 1. The maximum Gasteiger partial charge on any atom is 0.181 e. The molecule has 0 bridgehead atoms. The summed E-state index contributed by atoms with van der Waals surface area (Å²) in [6, 6.07) is 11.5. The summed E-state index contributed by atoms with van der Waals surface area (Å²) in [5.74, 6) is 0.0747. The van der Waals surface area contributed by atoms with Crippen molar-refractivity contribution in [2.75, 3.05) is 0 Å². The second-order valence-corrected chi connectivity index (χ2v) is 3.64. The Morgan fingerprint density at radius 1 is 1.25 bits per heavy atom. The van der Waals surface area contributed by atoms with E-state index in [4.69, 9.17) is 0 Å². The Morgan fingerprint density at radius 3 is 2.88 bits per heavy atom. The second-order valence-electron chi connectivity index (χ2n) is 3.64. The second kappa shape index (κ2) is 4.71. The normalized spacial score (nSPS) is 10.2. The highest BCUT2D eigenvalue weighted by Crippen LogP contribution is 2.13. The van der Waals surface area contributed by atoms with E-state index < -0.39 is 0 Å². The monoisotopic (exact) mass is 211 g/mol. The van der Waals surface area contributed by atoms with E-state index in [2.05, 4.69) is 11.6 Å². The van der Waals surface area contributed by atoms with Crippen LogP contribution in [0.5, 0.6) is 0 Å². The van der Waals surface area contributed by atoms with E-state index in [1.807, 2.05) is 30.3 Å². The van der Waals surface area contributed by atoms with Gasteiger partial charge in [0.15, 0.2) is 5.78 Å². The lowest BCUT2D eigenvalue weighted by Gasteiger charge is -2.01. The third kappa shape index (κ3) is 2.16. The maximum absolute atomic E-state index is 11.7. The predicted octanol–water partition coefficient (Wildman–Crippen LogP) is 3.38. The van der Waals surface area contributed by atoms with E-state index in [-0.39, 0.29) is 5.78 Å². The molecule has 0 saturated carbocycles. The molecule has 0 N–H and O–H groups in total. The smallest absolute Gasteiger partial charge is 0.181 e. The van der Waals surface area contributed by atoms with Crippen LogP contribution < -0.4 is 0 Å². The first-order valence-electron chi connectivity index (χ1n) is 5.31. The van der Waals surface area contributed by atoms with E-state index in [0.29, 0.717) is 18.5 Å².